The molecule has 3 aromatic rings. The van der Waals surface area contributed by atoms with E-state index in [0.29, 0.717) is 17.2 Å². The molecule has 2 aromatic carbocycles. The van der Waals surface area contributed by atoms with Crippen LogP contribution in [0.5, 0.6) is 11.6 Å². The number of hydrogen-bond donors (Lipinski definition) is 1. The van der Waals surface area contributed by atoms with Gasteiger partial charge in [0.2, 0.25) is 5.88 Å². The van der Waals surface area contributed by atoms with Crippen LogP contribution in [0.15, 0.2) is 60.4 Å². The zero-order valence-electron chi connectivity index (χ0n) is 19.1. The number of carbonyl (C=O) groups is 1. The molecule has 0 spiro atoms. The fourth-order valence-electron chi connectivity index (χ4n) is 5.60. The molecule has 164 valence electrons. The highest BCUT2D eigenvalue weighted by Crippen LogP contribution is 2.64. The van der Waals surface area contributed by atoms with E-state index in [4.69, 9.17) is 4.74 Å². The third-order valence-corrected chi connectivity index (χ3v) is 8.08. The number of nitrogens with zero attached hydrogens (tertiary/aromatic N) is 1. The molecule has 32 heavy (non-hydrogen) atoms. The molecule has 2 bridgehead atoms. The van der Waals surface area contributed by atoms with Crippen LogP contribution in [0.1, 0.15) is 51.7 Å². The van der Waals surface area contributed by atoms with Crippen LogP contribution in [-0.4, -0.2) is 15.9 Å². The average Bonchev–Trinajstić information content (AvgIpc) is 2.97. The molecule has 0 amide bonds. The number of aliphatic hydroxyl groups excluding tert-OH is 1. The Balaban J connectivity index is 1.59. The van der Waals surface area contributed by atoms with E-state index >= 15 is 0 Å². The number of ether oxygens (including phenoxy) is 1. The number of Topliss-reactive ketones (excluding diaryl/α,β-unsaturated/α-hetero) is 1. The van der Waals surface area contributed by atoms with Gasteiger partial charge in [-0.15, -0.1) is 0 Å². The van der Waals surface area contributed by atoms with Gasteiger partial charge in [-0.3, -0.25) is 4.79 Å². The van der Waals surface area contributed by atoms with E-state index in [0.717, 1.165) is 41.3 Å². The SMILES string of the molecule is CCc1ccc(Oc2ccc3ccccc3n2)cc1C1=C(O)[C@@]2(C)CC[C@@H](C1=O)C2(C)C. The summed E-state index contributed by atoms with van der Waals surface area (Å²) in [5, 5.41) is 12.5. The van der Waals surface area contributed by atoms with Crippen molar-refractivity contribution in [1.29, 1.82) is 0 Å². The molecule has 1 N–H and O–H groups in total. The molecule has 0 saturated heterocycles. The first-order valence-corrected chi connectivity index (χ1v) is 11.4. The number of aromatic nitrogens is 1. The van der Waals surface area contributed by atoms with Gasteiger partial charge in [0, 0.05) is 22.8 Å². The van der Waals surface area contributed by atoms with E-state index in [1.54, 1.807) is 0 Å². The van der Waals surface area contributed by atoms with E-state index in [2.05, 4.69) is 32.7 Å². The summed E-state index contributed by atoms with van der Waals surface area (Å²) in [5.41, 5.74) is 2.49. The Labute approximate surface area is 189 Å². The smallest absolute Gasteiger partial charge is 0.219 e. The van der Waals surface area contributed by atoms with Gasteiger partial charge in [-0.2, -0.15) is 0 Å². The molecule has 2 atom stereocenters. The maximum absolute atomic E-state index is 13.6. The first kappa shape index (κ1) is 20.7. The number of rotatable bonds is 4. The summed E-state index contributed by atoms with van der Waals surface area (Å²) < 4.78 is 6.10. The molecule has 0 unspecified atom stereocenters. The van der Waals surface area contributed by atoms with E-state index in [1.165, 1.54) is 0 Å². The summed E-state index contributed by atoms with van der Waals surface area (Å²) in [6.45, 7) is 8.39. The molecule has 1 saturated carbocycles. The van der Waals surface area contributed by atoms with Crippen LogP contribution in [0.3, 0.4) is 0 Å². The largest absolute Gasteiger partial charge is 0.511 e. The van der Waals surface area contributed by atoms with Crippen LogP contribution in [0, 0.1) is 16.7 Å². The summed E-state index contributed by atoms with van der Waals surface area (Å²) in [7, 11) is 0. The van der Waals surface area contributed by atoms with Crippen LogP contribution in [0.4, 0.5) is 0 Å². The molecule has 0 radical (unpaired) electrons. The highest BCUT2D eigenvalue weighted by atomic mass is 16.5. The number of allylic oxidation sites excluding steroid dienone is 2. The number of ketones is 1. The first-order valence-electron chi connectivity index (χ1n) is 11.4. The number of para-hydroxylation sites is 1. The van der Waals surface area contributed by atoms with E-state index < -0.39 is 5.41 Å². The number of aryl methyl sites for hydroxylation is 1. The molecule has 4 nitrogen and oxygen atoms in total. The average molecular weight is 428 g/mol. The van der Waals surface area contributed by atoms with Crippen molar-refractivity contribution in [2.45, 2.75) is 47.0 Å². The summed E-state index contributed by atoms with van der Waals surface area (Å²) in [4.78, 5) is 18.2. The minimum absolute atomic E-state index is 0.0538. The molecule has 1 aromatic heterocycles. The van der Waals surface area contributed by atoms with Crippen molar-refractivity contribution in [2.24, 2.45) is 16.7 Å². The molecule has 2 aliphatic rings. The lowest BCUT2D eigenvalue weighted by atomic mass is 9.58. The van der Waals surface area contributed by atoms with Crippen LogP contribution < -0.4 is 4.74 Å². The fourth-order valence-corrected chi connectivity index (χ4v) is 5.60. The van der Waals surface area contributed by atoms with Crippen LogP contribution in [0.25, 0.3) is 16.5 Å². The van der Waals surface area contributed by atoms with Gasteiger partial charge in [0.1, 0.15) is 11.5 Å². The summed E-state index contributed by atoms with van der Waals surface area (Å²) in [6, 6.07) is 17.5. The summed E-state index contributed by atoms with van der Waals surface area (Å²) in [6.07, 6.45) is 2.40. The molecule has 5 rings (SSSR count). The predicted molar refractivity (Wildman–Crippen MR) is 127 cm³/mol. The highest BCUT2D eigenvalue weighted by molar-refractivity contribution is 6.24. The second kappa shape index (κ2) is 7.19. The number of hydrogen-bond acceptors (Lipinski definition) is 4. The minimum atomic E-state index is -0.400. The van der Waals surface area contributed by atoms with Gasteiger partial charge in [0.15, 0.2) is 5.78 Å². The van der Waals surface area contributed by atoms with Gasteiger partial charge >= 0.3 is 0 Å². The number of benzene rings is 2. The van der Waals surface area contributed by atoms with Gasteiger partial charge in [-0.1, -0.05) is 52.0 Å². The monoisotopic (exact) mass is 427 g/mol. The Morgan fingerprint density at radius 1 is 1.09 bits per heavy atom. The van der Waals surface area contributed by atoms with Crippen molar-refractivity contribution in [3.63, 3.8) is 0 Å². The van der Waals surface area contributed by atoms with Gasteiger partial charge in [0.05, 0.1) is 11.1 Å². The number of carbonyl (C=O) groups excluding carboxylic acids is 1. The first-order chi connectivity index (χ1) is 15.3. The zero-order chi connectivity index (χ0) is 22.7. The molecular formula is C28H29NO3. The summed E-state index contributed by atoms with van der Waals surface area (Å²) in [5.74, 6) is 1.32. The Morgan fingerprint density at radius 3 is 2.66 bits per heavy atom. The lowest BCUT2D eigenvalue weighted by Gasteiger charge is -2.45. The second-order valence-corrected chi connectivity index (χ2v) is 9.85. The highest BCUT2D eigenvalue weighted by Gasteiger charge is 2.61. The summed E-state index contributed by atoms with van der Waals surface area (Å²) >= 11 is 0. The van der Waals surface area contributed by atoms with Gasteiger partial charge in [-0.25, -0.2) is 4.98 Å². The van der Waals surface area contributed by atoms with Crippen molar-refractivity contribution >= 4 is 22.3 Å². The van der Waals surface area contributed by atoms with Gasteiger partial charge in [0.25, 0.3) is 0 Å². The maximum atomic E-state index is 13.6. The van der Waals surface area contributed by atoms with Crippen molar-refractivity contribution in [3.05, 3.63) is 71.5 Å². The normalized spacial score (nSPS) is 24.2. The molecule has 4 heteroatoms. The van der Waals surface area contributed by atoms with Crippen LogP contribution in [-0.2, 0) is 11.2 Å². The maximum Gasteiger partial charge on any atom is 0.219 e. The molecule has 1 fully saturated rings. The molecular weight excluding hydrogens is 398 g/mol. The predicted octanol–water partition coefficient (Wildman–Crippen LogP) is 6.88. The van der Waals surface area contributed by atoms with Crippen molar-refractivity contribution in [1.82, 2.24) is 4.98 Å². The Bertz CT molecular complexity index is 1270. The molecule has 1 heterocycles. The van der Waals surface area contributed by atoms with Gasteiger partial charge < -0.3 is 9.84 Å². The van der Waals surface area contributed by atoms with Crippen LogP contribution in [0.2, 0.25) is 0 Å². The van der Waals surface area contributed by atoms with Crippen molar-refractivity contribution in [3.8, 4) is 11.6 Å². The van der Waals surface area contributed by atoms with E-state index in [1.807, 2.05) is 54.6 Å². The molecule has 2 aliphatic carbocycles. The lowest BCUT2D eigenvalue weighted by molar-refractivity contribution is -0.122. The lowest BCUT2D eigenvalue weighted by Crippen LogP contribution is -2.43. The number of fused-ring (bicyclic) bond motifs is 3. The van der Waals surface area contributed by atoms with Gasteiger partial charge in [-0.05, 0) is 60.1 Å². The molecule has 0 aliphatic heterocycles. The Morgan fingerprint density at radius 2 is 1.88 bits per heavy atom. The Kier molecular flexibility index (Phi) is 4.66. The third kappa shape index (κ3) is 2.89. The number of aliphatic hydroxyl groups is 1. The van der Waals surface area contributed by atoms with Crippen molar-refractivity contribution < 1.29 is 14.6 Å². The third-order valence-electron chi connectivity index (χ3n) is 8.08. The van der Waals surface area contributed by atoms with Crippen molar-refractivity contribution in [2.75, 3.05) is 0 Å². The van der Waals surface area contributed by atoms with E-state index in [9.17, 15) is 9.90 Å². The van der Waals surface area contributed by atoms with Crippen LogP contribution >= 0.6 is 0 Å². The number of pyridine rings is 1. The quantitative estimate of drug-likeness (QED) is 0.493. The van der Waals surface area contributed by atoms with E-state index in [-0.39, 0.29) is 22.9 Å². The standard InChI is InChI=1S/C28H29NO3/c1-5-17-10-12-19(32-23-13-11-18-8-6-7-9-22(18)29-23)16-20(17)24-25(30)21-14-15-28(4,26(24)31)27(21,2)3/h6-13,16,21,31H,5,14-15H2,1-4H3/t21-,28+/m0/s1. The Hall–Kier alpha value is -3.14. The topological polar surface area (TPSA) is 59.4 Å². The fraction of sp³-hybridized carbons (Fsp3) is 0.357. The zero-order valence-corrected chi connectivity index (χ0v) is 19.1. The second-order valence-electron chi connectivity index (χ2n) is 9.85. The minimum Gasteiger partial charge on any atom is -0.511 e.